The molecule has 4 unspecified atom stereocenters. The quantitative estimate of drug-likeness (QED) is 0.0504. The van der Waals surface area contributed by atoms with Gasteiger partial charge in [-0.25, -0.2) is 4.79 Å². The van der Waals surface area contributed by atoms with E-state index in [1.54, 1.807) is 0 Å². The highest BCUT2D eigenvalue weighted by Crippen LogP contribution is 2.02. The van der Waals surface area contributed by atoms with E-state index in [1.807, 2.05) is 5.32 Å². The highest BCUT2D eigenvalue weighted by molar-refractivity contribution is 5.96. The number of carbonyl (C=O) groups excluding carboxylic acids is 4. The summed E-state index contributed by atoms with van der Waals surface area (Å²) in [6.07, 6.45) is -1.23. The summed E-state index contributed by atoms with van der Waals surface area (Å²) in [5.41, 5.74) is 21.2. The van der Waals surface area contributed by atoms with Crippen LogP contribution in [0.4, 0.5) is 0 Å². The molecule has 0 aromatic carbocycles. The molecule has 4 atom stereocenters. The summed E-state index contributed by atoms with van der Waals surface area (Å²) in [6, 6.07) is -5.96. The van der Waals surface area contributed by atoms with Crippen molar-refractivity contribution in [2.75, 3.05) is 13.2 Å². The van der Waals surface area contributed by atoms with Crippen molar-refractivity contribution in [3.05, 3.63) is 0 Å². The predicted molar refractivity (Wildman–Crippen MR) is 119 cm³/mol. The summed E-state index contributed by atoms with van der Waals surface area (Å²) < 4.78 is 0. The number of carbonyl (C=O) groups is 6. The van der Waals surface area contributed by atoms with Gasteiger partial charge in [-0.15, -0.1) is 0 Å². The van der Waals surface area contributed by atoms with Crippen molar-refractivity contribution < 1.29 is 44.1 Å². The molecule has 0 aliphatic rings. The number of rotatable bonds is 17. The Kier molecular flexibility index (Phi) is 14.0. The molecule has 4 amide bonds. The van der Waals surface area contributed by atoms with Crippen LogP contribution in [-0.4, -0.2) is 94.2 Å². The van der Waals surface area contributed by atoms with Crippen LogP contribution in [-0.2, 0) is 28.8 Å². The molecule has 35 heavy (non-hydrogen) atoms. The van der Waals surface area contributed by atoms with Crippen molar-refractivity contribution in [3.8, 4) is 0 Å². The second-order valence-electron chi connectivity index (χ2n) is 7.36. The van der Waals surface area contributed by atoms with E-state index < -0.39 is 85.6 Å². The smallest absolute Gasteiger partial charge is 0.326 e. The number of aliphatic hydroxyl groups is 1. The average molecular weight is 505 g/mol. The number of carboxylic acid groups (broad SMARTS) is 2. The van der Waals surface area contributed by atoms with Crippen LogP contribution in [0, 0.1) is 0 Å². The lowest BCUT2D eigenvalue weighted by atomic mass is 10.1. The molecular weight excluding hydrogens is 472 g/mol. The lowest BCUT2D eigenvalue weighted by Gasteiger charge is -2.23. The number of nitrogens with two attached hydrogens (primary N) is 4. The van der Waals surface area contributed by atoms with Crippen molar-refractivity contribution in [2.45, 2.75) is 56.3 Å². The van der Waals surface area contributed by atoms with Crippen LogP contribution in [0.5, 0.6) is 0 Å². The molecule has 14 N–H and O–H groups in total. The Bertz CT molecular complexity index is 816. The minimum atomic E-state index is -1.69. The first-order valence-corrected chi connectivity index (χ1v) is 10.3. The van der Waals surface area contributed by atoms with Gasteiger partial charge in [0.1, 0.15) is 18.1 Å². The van der Waals surface area contributed by atoms with Gasteiger partial charge in [0.25, 0.3) is 0 Å². The number of aliphatic imine (C=N–C) groups is 1. The van der Waals surface area contributed by atoms with Crippen molar-refractivity contribution >= 4 is 41.5 Å². The lowest BCUT2D eigenvalue weighted by molar-refractivity contribution is -0.143. The Morgan fingerprint density at radius 1 is 0.800 bits per heavy atom. The first-order chi connectivity index (χ1) is 16.3. The van der Waals surface area contributed by atoms with Gasteiger partial charge in [-0.2, -0.15) is 0 Å². The van der Waals surface area contributed by atoms with Crippen LogP contribution in [0.1, 0.15) is 32.1 Å². The highest BCUT2D eigenvalue weighted by Gasteiger charge is 2.31. The number of primary amides is 1. The summed E-state index contributed by atoms with van der Waals surface area (Å²) in [5.74, 6) is -6.99. The zero-order valence-corrected chi connectivity index (χ0v) is 18.8. The van der Waals surface area contributed by atoms with Gasteiger partial charge in [-0.05, 0) is 19.3 Å². The van der Waals surface area contributed by atoms with Gasteiger partial charge in [-0.3, -0.25) is 29.0 Å². The molecule has 17 nitrogen and oxygen atoms in total. The molecule has 0 aromatic rings. The molecule has 0 rings (SSSR count). The van der Waals surface area contributed by atoms with Crippen LogP contribution >= 0.6 is 0 Å². The van der Waals surface area contributed by atoms with Gasteiger partial charge in [0.2, 0.25) is 23.6 Å². The van der Waals surface area contributed by atoms with E-state index in [0.29, 0.717) is 6.42 Å². The van der Waals surface area contributed by atoms with Gasteiger partial charge in [0.15, 0.2) is 5.96 Å². The molecule has 0 aliphatic heterocycles. The van der Waals surface area contributed by atoms with Gasteiger partial charge in [-0.1, -0.05) is 0 Å². The number of carboxylic acids is 2. The maximum Gasteiger partial charge on any atom is 0.326 e. The number of guanidine groups is 1. The third-order valence-corrected chi connectivity index (χ3v) is 4.42. The number of amides is 4. The normalized spacial score (nSPS) is 13.9. The topological polar surface area (TPSA) is 316 Å². The Morgan fingerprint density at radius 2 is 1.34 bits per heavy atom. The minimum Gasteiger partial charge on any atom is -0.481 e. The fourth-order valence-corrected chi connectivity index (χ4v) is 2.60. The number of aliphatic hydroxyl groups excluding tert-OH is 1. The molecule has 0 radical (unpaired) electrons. The van der Waals surface area contributed by atoms with Crippen molar-refractivity contribution in [1.29, 1.82) is 0 Å². The number of aliphatic carboxylic acids is 2. The van der Waals surface area contributed by atoms with E-state index in [0.717, 1.165) is 0 Å². The maximum atomic E-state index is 12.6. The zero-order chi connectivity index (χ0) is 27.1. The molecule has 0 bridgehead atoms. The maximum absolute atomic E-state index is 12.6. The van der Waals surface area contributed by atoms with Gasteiger partial charge >= 0.3 is 11.9 Å². The Labute approximate surface area is 199 Å². The molecule has 0 fully saturated rings. The van der Waals surface area contributed by atoms with Crippen molar-refractivity contribution in [1.82, 2.24) is 16.0 Å². The van der Waals surface area contributed by atoms with Crippen LogP contribution in [0.2, 0.25) is 0 Å². The van der Waals surface area contributed by atoms with E-state index in [4.69, 9.17) is 33.1 Å². The molecule has 0 aliphatic carbocycles. The minimum absolute atomic E-state index is 0.127. The second kappa shape index (κ2) is 15.8. The first kappa shape index (κ1) is 31.0. The molecule has 0 spiro atoms. The van der Waals surface area contributed by atoms with E-state index in [2.05, 4.69) is 15.6 Å². The summed E-state index contributed by atoms with van der Waals surface area (Å²) >= 11 is 0. The van der Waals surface area contributed by atoms with Crippen LogP contribution in [0.15, 0.2) is 4.99 Å². The molecule has 0 saturated carbocycles. The third-order valence-electron chi connectivity index (χ3n) is 4.42. The predicted octanol–water partition coefficient (Wildman–Crippen LogP) is -5.36. The van der Waals surface area contributed by atoms with Crippen molar-refractivity contribution in [3.63, 3.8) is 0 Å². The van der Waals surface area contributed by atoms with E-state index in [9.17, 15) is 33.9 Å². The fraction of sp³-hybridized carbons (Fsp3) is 0.611. The monoisotopic (exact) mass is 504 g/mol. The molecular formula is C18H32N8O9. The Hall–Kier alpha value is -3.99. The third kappa shape index (κ3) is 13.3. The molecule has 0 heterocycles. The number of hydrogen-bond acceptors (Lipinski definition) is 9. The number of hydrogen-bond donors (Lipinski definition) is 10. The largest absolute Gasteiger partial charge is 0.481 e. The first-order valence-electron chi connectivity index (χ1n) is 10.3. The molecule has 0 saturated heterocycles. The standard InChI is InChI=1S/C18H32N8O9/c19-8(2-1-5-23-18(21)22)14(31)25-10(6-12(20)28)15(32)26-11(7-27)16(33)24-9(17(34)35)3-4-13(29)30/h8-11,27H,1-7,19H2,(H2,20,28)(H,24,33)(H,25,31)(H,26,32)(H,29,30)(H,34,35)(H4,21,22,23). The number of nitrogens with one attached hydrogen (secondary N) is 3. The summed E-state index contributed by atoms with van der Waals surface area (Å²) in [6.45, 7) is -0.782. The van der Waals surface area contributed by atoms with Gasteiger partial charge < -0.3 is 54.2 Å². The second-order valence-corrected chi connectivity index (χ2v) is 7.36. The van der Waals surface area contributed by atoms with Crippen molar-refractivity contribution in [2.24, 2.45) is 27.9 Å². The molecule has 0 aromatic heterocycles. The molecule has 17 heteroatoms. The lowest BCUT2D eigenvalue weighted by Crippen LogP contribution is -2.58. The Morgan fingerprint density at radius 3 is 1.83 bits per heavy atom. The van der Waals surface area contributed by atoms with E-state index in [1.165, 1.54) is 0 Å². The van der Waals surface area contributed by atoms with Crippen LogP contribution in [0.25, 0.3) is 0 Å². The molecule has 198 valence electrons. The summed E-state index contributed by atoms with van der Waals surface area (Å²) in [5, 5.41) is 33.6. The zero-order valence-electron chi connectivity index (χ0n) is 18.8. The SMILES string of the molecule is NC(=O)CC(NC(=O)C(N)CCCN=C(N)N)C(=O)NC(CO)C(=O)NC(CCC(=O)O)C(=O)O. The number of nitrogens with zero attached hydrogens (tertiary/aromatic N) is 1. The van der Waals surface area contributed by atoms with Crippen LogP contribution in [0.3, 0.4) is 0 Å². The van der Waals surface area contributed by atoms with Crippen LogP contribution < -0.4 is 38.9 Å². The van der Waals surface area contributed by atoms with E-state index in [-0.39, 0.29) is 18.9 Å². The summed E-state index contributed by atoms with van der Waals surface area (Å²) in [7, 11) is 0. The van der Waals surface area contributed by atoms with Gasteiger partial charge in [0.05, 0.1) is 19.1 Å². The van der Waals surface area contributed by atoms with Gasteiger partial charge in [0, 0.05) is 13.0 Å². The highest BCUT2D eigenvalue weighted by atomic mass is 16.4. The fourth-order valence-electron chi connectivity index (χ4n) is 2.60. The summed E-state index contributed by atoms with van der Waals surface area (Å²) in [4.78, 5) is 74.2. The average Bonchev–Trinajstić information content (AvgIpc) is 2.75. The van der Waals surface area contributed by atoms with E-state index >= 15 is 0 Å². The Balaban J connectivity index is 5.18.